The van der Waals surface area contributed by atoms with Crippen LogP contribution >= 0.6 is 0 Å². The third-order valence-corrected chi connectivity index (χ3v) is 3.77. The van der Waals surface area contributed by atoms with Crippen LogP contribution in [0.2, 0.25) is 0 Å². The molecule has 0 aliphatic rings. The van der Waals surface area contributed by atoms with E-state index in [0.717, 1.165) is 17.7 Å². The van der Waals surface area contributed by atoms with Crippen LogP contribution in [0.25, 0.3) is 0 Å². The molecule has 0 heterocycles. The Balaban J connectivity index is 2.23. The number of anilines is 2. The smallest absolute Gasteiger partial charge is 0.326 e. The number of carbonyl (C=O) groups excluding carboxylic acids is 2. The Kier molecular flexibility index (Phi) is 6.44. The van der Waals surface area contributed by atoms with Crippen molar-refractivity contribution in [2.75, 3.05) is 17.2 Å². The second kappa shape index (κ2) is 8.57. The zero-order valence-electron chi connectivity index (χ0n) is 14.9. The molecule has 0 atom stereocenters. The molecule has 5 nitrogen and oxygen atoms in total. The third kappa shape index (κ3) is 5.73. The SMILES string of the molecule is CCN(Cc1ccccc1)C(=O)Nc1ccc(NC(C)=O)cc1C(F)(F)F. The number of hydrogen-bond donors (Lipinski definition) is 2. The largest absolute Gasteiger partial charge is 0.418 e. The molecule has 0 saturated carbocycles. The molecule has 0 saturated heterocycles. The quantitative estimate of drug-likeness (QED) is 0.790. The lowest BCUT2D eigenvalue weighted by Gasteiger charge is -2.23. The van der Waals surface area contributed by atoms with Gasteiger partial charge in [-0.1, -0.05) is 30.3 Å². The van der Waals surface area contributed by atoms with E-state index in [9.17, 15) is 22.8 Å². The molecular weight excluding hydrogens is 359 g/mol. The molecule has 0 fully saturated rings. The number of halogens is 3. The zero-order valence-corrected chi connectivity index (χ0v) is 14.9. The van der Waals surface area contributed by atoms with E-state index in [0.29, 0.717) is 6.54 Å². The summed E-state index contributed by atoms with van der Waals surface area (Å²) in [5, 5.41) is 4.63. The molecule has 3 amide bonds. The van der Waals surface area contributed by atoms with Gasteiger partial charge in [-0.3, -0.25) is 4.79 Å². The maximum atomic E-state index is 13.4. The summed E-state index contributed by atoms with van der Waals surface area (Å²) in [6, 6.07) is 11.7. The number of amides is 3. The summed E-state index contributed by atoms with van der Waals surface area (Å²) < 4.78 is 40.1. The number of benzene rings is 2. The molecule has 8 heteroatoms. The van der Waals surface area contributed by atoms with E-state index in [1.807, 2.05) is 30.3 Å². The van der Waals surface area contributed by atoms with Crippen LogP contribution in [-0.4, -0.2) is 23.4 Å². The van der Waals surface area contributed by atoms with Crippen LogP contribution in [-0.2, 0) is 17.5 Å². The van der Waals surface area contributed by atoms with Crippen LogP contribution in [0.1, 0.15) is 25.0 Å². The number of hydrogen-bond acceptors (Lipinski definition) is 2. The number of rotatable bonds is 5. The monoisotopic (exact) mass is 379 g/mol. The fourth-order valence-electron chi connectivity index (χ4n) is 2.49. The minimum absolute atomic E-state index is 0.00413. The van der Waals surface area contributed by atoms with Gasteiger partial charge >= 0.3 is 12.2 Å². The lowest BCUT2D eigenvalue weighted by Crippen LogP contribution is -2.34. The van der Waals surface area contributed by atoms with Crippen molar-refractivity contribution in [3.63, 3.8) is 0 Å². The van der Waals surface area contributed by atoms with Crippen LogP contribution in [0, 0.1) is 0 Å². The molecule has 0 unspecified atom stereocenters. The molecule has 144 valence electrons. The van der Waals surface area contributed by atoms with Gasteiger partial charge < -0.3 is 15.5 Å². The Labute approximate surface area is 155 Å². The Morgan fingerprint density at radius 3 is 2.26 bits per heavy atom. The predicted octanol–water partition coefficient (Wildman–Crippen LogP) is 4.72. The van der Waals surface area contributed by atoms with E-state index in [4.69, 9.17) is 0 Å². The van der Waals surface area contributed by atoms with Crippen molar-refractivity contribution < 1.29 is 22.8 Å². The highest BCUT2D eigenvalue weighted by Crippen LogP contribution is 2.36. The number of nitrogens with one attached hydrogen (secondary N) is 2. The standard InChI is InChI=1S/C19H20F3N3O2/c1-3-25(12-14-7-5-4-6-8-14)18(27)24-17-10-9-15(23-13(2)26)11-16(17)19(20,21)22/h4-11H,3,12H2,1-2H3,(H,23,26)(H,24,27). The van der Waals surface area contributed by atoms with E-state index in [1.165, 1.54) is 17.9 Å². The molecule has 2 aromatic carbocycles. The molecule has 0 aliphatic carbocycles. The number of nitrogens with zero attached hydrogens (tertiary/aromatic N) is 1. The fraction of sp³-hybridized carbons (Fsp3) is 0.263. The lowest BCUT2D eigenvalue weighted by atomic mass is 10.1. The predicted molar refractivity (Wildman–Crippen MR) is 97.3 cm³/mol. The minimum Gasteiger partial charge on any atom is -0.326 e. The zero-order chi connectivity index (χ0) is 20.0. The van der Waals surface area contributed by atoms with Gasteiger partial charge in [0, 0.05) is 25.7 Å². The number of carbonyl (C=O) groups is 2. The van der Waals surface area contributed by atoms with Gasteiger partial charge in [0.25, 0.3) is 0 Å². The average Bonchev–Trinajstić information content (AvgIpc) is 2.60. The topological polar surface area (TPSA) is 61.4 Å². The van der Waals surface area contributed by atoms with Crippen molar-refractivity contribution in [2.24, 2.45) is 0 Å². The van der Waals surface area contributed by atoms with Crippen molar-refractivity contribution >= 4 is 23.3 Å². The minimum atomic E-state index is -4.69. The first-order valence-corrected chi connectivity index (χ1v) is 8.29. The summed E-state index contributed by atoms with van der Waals surface area (Å²) in [6.45, 7) is 3.54. The maximum absolute atomic E-state index is 13.4. The summed E-state index contributed by atoms with van der Waals surface area (Å²) in [4.78, 5) is 24.9. The first-order chi connectivity index (χ1) is 12.7. The first-order valence-electron chi connectivity index (χ1n) is 8.29. The van der Waals surface area contributed by atoms with Gasteiger partial charge in [0.05, 0.1) is 11.3 Å². The summed E-state index contributed by atoms with van der Waals surface area (Å²) in [6.07, 6.45) is -4.69. The molecular formula is C19H20F3N3O2. The van der Waals surface area contributed by atoms with Gasteiger partial charge in [0.1, 0.15) is 0 Å². The molecule has 0 radical (unpaired) electrons. The van der Waals surface area contributed by atoms with Gasteiger partial charge in [-0.15, -0.1) is 0 Å². The number of alkyl halides is 3. The van der Waals surface area contributed by atoms with Crippen LogP contribution in [0.5, 0.6) is 0 Å². The second-order valence-corrected chi connectivity index (χ2v) is 5.87. The summed E-state index contributed by atoms with van der Waals surface area (Å²) in [5.41, 5.74) is -0.526. The Hall–Kier alpha value is -3.03. The van der Waals surface area contributed by atoms with Crippen molar-refractivity contribution in [2.45, 2.75) is 26.6 Å². The van der Waals surface area contributed by atoms with Crippen molar-refractivity contribution in [1.29, 1.82) is 0 Å². The van der Waals surface area contributed by atoms with Crippen LogP contribution in [0.4, 0.5) is 29.3 Å². The van der Waals surface area contributed by atoms with Gasteiger partial charge in [0.2, 0.25) is 5.91 Å². The molecule has 0 aromatic heterocycles. The second-order valence-electron chi connectivity index (χ2n) is 5.87. The van der Waals surface area contributed by atoms with Gasteiger partial charge in [-0.05, 0) is 30.7 Å². The normalized spacial score (nSPS) is 11.0. The lowest BCUT2D eigenvalue weighted by molar-refractivity contribution is -0.137. The van der Waals surface area contributed by atoms with Crippen molar-refractivity contribution in [3.8, 4) is 0 Å². The molecule has 2 N–H and O–H groups in total. The van der Waals surface area contributed by atoms with Crippen LogP contribution in [0.3, 0.4) is 0 Å². The van der Waals surface area contributed by atoms with E-state index in [2.05, 4.69) is 10.6 Å². The fourth-order valence-corrected chi connectivity index (χ4v) is 2.49. The molecule has 27 heavy (non-hydrogen) atoms. The molecule has 0 spiro atoms. The highest BCUT2D eigenvalue weighted by atomic mass is 19.4. The van der Waals surface area contributed by atoms with E-state index < -0.39 is 23.7 Å². The van der Waals surface area contributed by atoms with Crippen LogP contribution < -0.4 is 10.6 Å². The summed E-state index contributed by atoms with van der Waals surface area (Å²) in [5.74, 6) is -0.486. The summed E-state index contributed by atoms with van der Waals surface area (Å²) in [7, 11) is 0. The highest BCUT2D eigenvalue weighted by molar-refractivity contribution is 5.92. The Bertz CT molecular complexity index is 808. The van der Waals surface area contributed by atoms with E-state index >= 15 is 0 Å². The van der Waals surface area contributed by atoms with Gasteiger partial charge in [-0.25, -0.2) is 4.79 Å². The van der Waals surface area contributed by atoms with Gasteiger partial charge in [0.15, 0.2) is 0 Å². The molecule has 0 aliphatic heterocycles. The first kappa shape index (κ1) is 20.3. The summed E-state index contributed by atoms with van der Waals surface area (Å²) >= 11 is 0. The average molecular weight is 379 g/mol. The van der Waals surface area contributed by atoms with Crippen molar-refractivity contribution in [3.05, 3.63) is 59.7 Å². The van der Waals surface area contributed by atoms with Crippen LogP contribution in [0.15, 0.2) is 48.5 Å². The Morgan fingerprint density at radius 2 is 1.70 bits per heavy atom. The molecule has 0 bridgehead atoms. The number of urea groups is 1. The highest BCUT2D eigenvalue weighted by Gasteiger charge is 2.34. The van der Waals surface area contributed by atoms with E-state index in [1.54, 1.807) is 6.92 Å². The molecule has 2 rings (SSSR count). The molecule has 2 aromatic rings. The Morgan fingerprint density at radius 1 is 1.04 bits per heavy atom. The van der Waals surface area contributed by atoms with Gasteiger partial charge in [-0.2, -0.15) is 13.2 Å². The maximum Gasteiger partial charge on any atom is 0.418 e. The third-order valence-electron chi connectivity index (χ3n) is 3.77. The van der Waals surface area contributed by atoms with Crippen molar-refractivity contribution in [1.82, 2.24) is 4.90 Å². The van der Waals surface area contributed by atoms with E-state index in [-0.39, 0.29) is 17.9 Å².